The largest absolute Gasteiger partial charge is 0.444 e. The zero-order valence-electron chi connectivity index (χ0n) is 15.4. The molecular weight excluding hydrogens is 280 g/mol. The Kier molecular flexibility index (Phi) is 6.68. The van der Waals surface area contributed by atoms with E-state index >= 15 is 0 Å². The van der Waals surface area contributed by atoms with E-state index in [4.69, 9.17) is 9.47 Å². The Morgan fingerprint density at radius 3 is 2.23 bits per heavy atom. The van der Waals surface area contributed by atoms with Crippen LogP contribution in [0.2, 0.25) is 0 Å². The third-order valence-corrected chi connectivity index (χ3v) is 3.69. The molecule has 1 aliphatic carbocycles. The van der Waals surface area contributed by atoms with Gasteiger partial charge >= 0.3 is 6.09 Å². The molecule has 0 aromatic rings. The van der Waals surface area contributed by atoms with Gasteiger partial charge in [-0.25, -0.2) is 4.79 Å². The fourth-order valence-corrected chi connectivity index (χ4v) is 2.50. The van der Waals surface area contributed by atoms with Gasteiger partial charge in [-0.2, -0.15) is 0 Å². The van der Waals surface area contributed by atoms with Gasteiger partial charge in [-0.1, -0.05) is 0 Å². The lowest BCUT2D eigenvalue weighted by Crippen LogP contribution is -2.52. The topological polar surface area (TPSA) is 50.8 Å². The lowest BCUT2D eigenvalue weighted by molar-refractivity contribution is -0.0128. The first-order valence-corrected chi connectivity index (χ1v) is 8.38. The molecule has 0 aliphatic heterocycles. The second-order valence-electron chi connectivity index (χ2n) is 8.00. The number of rotatable bonds is 6. The maximum Gasteiger partial charge on any atom is 0.410 e. The summed E-state index contributed by atoms with van der Waals surface area (Å²) in [4.78, 5) is 14.2. The molecule has 0 radical (unpaired) electrons. The summed E-state index contributed by atoms with van der Waals surface area (Å²) >= 11 is 0. The summed E-state index contributed by atoms with van der Waals surface area (Å²) in [6.07, 6.45) is 2.29. The van der Waals surface area contributed by atoms with Crippen LogP contribution < -0.4 is 5.32 Å². The molecular formula is C17H34N2O3. The molecule has 0 bridgehead atoms. The Labute approximate surface area is 135 Å². The van der Waals surface area contributed by atoms with E-state index in [1.807, 2.05) is 48.5 Å². The van der Waals surface area contributed by atoms with Crippen molar-refractivity contribution in [3.8, 4) is 0 Å². The van der Waals surface area contributed by atoms with Gasteiger partial charge in [0.1, 0.15) is 5.60 Å². The summed E-state index contributed by atoms with van der Waals surface area (Å²) in [5, 5.41) is 3.50. The van der Waals surface area contributed by atoms with E-state index in [2.05, 4.69) is 5.32 Å². The summed E-state index contributed by atoms with van der Waals surface area (Å²) in [6, 6.07) is 0.511. The molecule has 1 N–H and O–H groups in total. The maximum absolute atomic E-state index is 12.4. The first-order chi connectivity index (χ1) is 10.0. The van der Waals surface area contributed by atoms with Gasteiger partial charge in [-0.05, 0) is 61.3 Å². The van der Waals surface area contributed by atoms with E-state index in [9.17, 15) is 4.79 Å². The lowest BCUT2D eigenvalue weighted by atomic mass is 9.89. The van der Waals surface area contributed by atoms with Crippen molar-refractivity contribution in [2.75, 3.05) is 19.7 Å². The van der Waals surface area contributed by atoms with Crippen LogP contribution in [0.25, 0.3) is 0 Å². The van der Waals surface area contributed by atoms with E-state index in [0.717, 1.165) is 26.0 Å². The molecule has 5 nitrogen and oxygen atoms in total. The van der Waals surface area contributed by atoms with Gasteiger partial charge in [-0.15, -0.1) is 0 Å². The predicted octanol–water partition coefficient (Wildman–Crippen LogP) is 3.18. The second-order valence-corrected chi connectivity index (χ2v) is 8.00. The van der Waals surface area contributed by atoms with Gasteiger partial charge in [0.2, 0.25) is 0 Å². The third kappa shape index (κ3) is 6.53. The Balaban J connectivity index is 2.39. The number of amides is 1. The SMILES string of the molecule is CCOC1CC(NCCN(C(=O)OC(C)(C)C)C(C)(C)C)C1. The van der Waals surface area contributed by atoms with Gasteiger partial charge in [0, 0.05) is 31.3 Å². The molecule has 5 heteroatoms. The Morgan fingerprint density at radius 1 is 1.18 bits per heavy atom. The number of ether oxygens (including phenoxy) is 2. The molecule has 0 unspecified atom stereocenters. The van der Waals surface area contributed by atoms with Crippen LogP contribution in [0, 0.1) is 0 Å². The van der Waals surface area contributed by atoms with Crippen molar-refractivity contribution in [3.63, 3.8) is 0 Å². The van der Waals surface area contributed by atoms with Crippen molar-refractivity contribution in [1.29, 1.82) is 0 Å². The van der Waals surface area contributed by atoms with Crippen molar-refractivity contribution < 1.29 is 14.3 Å². The highest BCUT2D eigenvalue weighted by atomic mass is 16.6. The number of nitrogens with zero attached hydrogens (tertiary/aromatic N) is 1. The molecule has 0 saturated heterocycles. The second kappa shape index (κ2) is 7.64. The van der Waals surface area contributed by atoms with Gasteiger partial charge in [0.05, 0.1) is 6.10 Å². The van der Waals surface area contributed by atoms with Crippen LogP contribution in [-0.4, -0.2) is 54.0 Å². The number of hydrogen-bond acceptors (Lipinski definition) is 4. The number of nitrogens with one attached hydrogen (secondary N) is 1. The molecule has 0 aromatic heterocycles. The first-order valence-electron chi connectivity index (χ1n) is 8.38. The highest BCUT2D eigenvalue weighted by Crippen LogP contribution is 2.23. The number of carbonyl (C=O) groups is 1. The Hall–Kier alpha value is -0.810. The quantitative estimate of drug-likeness (QED) is 0.818. The molecule has 1 amide bonds. The molecule has 0 heterocycles. The van der Waals surface area contributed by atoms with Crippen molar-refractivity contribution in [1.82, 2.24) is 10.2 Å². The van der Waals surface area contributed by atoms with Gasteiger partial charge in [-0.3, -0.25) is 0 Å². The van der Waals surface area contributed by atoms with Crippen molar-refractivity contribution in [3.05, 3.63) is 0 Å². The predicted molar refractivity (Wildman–Crippen MR) is 89.1 cm³/mol. The molecule has 0 atom stereocenters. The van der Waals surface area contributed by atoms with Crippen LogP contribution >= 0.6 is 0 Å². The van der Waals surface area contributed by atoms with E-state index in [1.165, 1.54) is 0 Å². The summed E-state index contributed by atoms with van der Waals surface area (Å²) in [7, 11) is 0. The molecule has 1 fully saturated rings. The van der Waals surface area contributed by atoms with Crippen LogP contribution in [0.15, 0.2) is 0 Å². The smallest absolute Gasteiger partial charge is 0.410 e. The van der Waals surface area contributed by atoms with Crippen molar-refractivity contribution in [2.45, 2.75) is 84.6 Å². The molecule has 0 aromatic carbocycles. The molecule has 1 saturated carbocycles. The van der Waals surface area contributed by atoms with Crippen LogP contribution in [0.4, 0.5) is 4.79 Å². The van der Waals surface area contributed by atoms with E-state index in [1.54, 1.807) is 4.90 Å². The maximum atomic E-state index is 12.4. The van der Waals surface area contributed by atoms with Crippen LogP contribution in [-0.2, 0) is 9.47 Å². The van der Waals surface area contributed by atoms with Gasteiger partial charge < -0.3 is 19.7 Å². The standard InChI is InChI=1S/C17H34N2O3/c1-8-21-14-11-13(12-14)18-9-10-19(16(2,3)4)15(20)22-17(5,6)7/h13-14,18H,8-12H2,1-7H3. The monoisotopic (exact) mass is 314 g/mol. The molecule has 22 heavy (non-hydrogen) atoms. The van der Waals surface area contributed by atoms with E-state index in [0.29, 0.717) is 18.7 Å². The van der Waals surface area contributed by atoms with Gasteiger partial charge in [0.15, 0.2) is 0 Å². The number of carbonyl (C=O) groups excluding carboxylic acids is 1. The fraction of sp³-hybridized carbons (Fsp3) is 0.941. The van der Waals surface area contributed by atoms with Crippen LogP contribution in [0.5, 0.6) is 0 Å². The average Bonchev–Trinajstić information content (AvgIpc) is 2.26. The molecule has 1 aliphatic rings. The fourth-order valence-electron chi connectivity index (χ4n) is 2.50. The summed E-state index contributed by atoms with van der Waals surface area (Å²) < 4.78 is 11.1. The van der Waals surface area contributed by atoms with E-state index < -0.39 is 5.60 Å². The minimum absolute atomic E-state index is 0.248. The van der Waals surface area contributed by atoms with Crippen LogP contribution in [0.1, 0.15) is 61.3 Å². The average molecular weight is 314 g/mol. The highest BCUT2D eigenvalue weighted by Gasteiger charge is 2.32. The number of hydrogen-bond donors (Lipinski definition) is 1. The third-order valence-electron chi connectivity index (χ3n) is 3.69. The highest BCUT2D eigenvalue weighted by molar-refractivity contribution is 5.69. The zero-order valence-corrected chi connectivity index (χ0v) is 15.4. The first kappa shape index (κ1) is 19.2. The minimum Gasteiger partial charge on any atom is -0.444 e. The molecule has 130 valence electrons. The summed E-state index contributed by atoms with van der Waals surface area (Å²) in [6.45, 7) is 16.0. The van der Waals surface area contributed by atoms with Crippen molar-refractivity contribution >= 4 is 6.09 Å². The zero-order chi connectivity index (χ0) is 17.0. The lowest BCUT2D eigenvalue weighted by Gasteiger charge is -2.39. The Morgan fingerprint density at radius 2 is 1.77 bits per heavy atom. The Bertz CT molecular complexity index is 352. The van der Waals surface area contributed by atoms with Gasteiger partial charge in [0.25, 0.3) is 0 Å². The normalized spacial score (nSPS) is 22.1. The van der Waals surface area contributed by atoms with Crippen molar-refractivity contribution in [2.24, 2.45) is 0 Å². The summed E-state index contributed by atoms with van der Waals surface area (Å²) in [5.41, 5.74) is -0.718. The summed E-state index contributed by atoms with van der Waals surface area (Å²) in [5.74, 6) is 0. The van der Waals surface area contributed by atoms with Crippen LogP contribution in [0.3, 0.4) is 0 Å². The minimum atomic E-state index is -0.466. The molecule has 1 rings (SSSR count). The molecule has 0 spiro atoms. The van der Waals surface area contributed by atoms with E-state index in [-0.39, 0.29) is 11.6 Å².